The molecular weight excluding hydrogens is 382 g/mol. The Balaban J connectivity index is 1.48. The van der Waals surface area contributed by atoms with Crippen molar-refractivity contribution in [1.82, 2.24) is 9.29 Å². The molecule has 140 valence electrons. The Morgan fingerprint density at radius 2 is 2.00 bits per heavy atom. The number of thiazole rings is 1. The molecule has 2 aromatic carbocycles. The number of rotatable bonds is 4. The van der Waals surface area contributed by atoms with Gasteiger partial charge < -0.3 is 5.32 Å². The van der Waals surface area contributed by atoms with Gasteiger partial charge in [0.1, 0.15) is 0 Å². The zero-order valence-electron chi connectivity index (χ0n) is 14.5. The number of fused-ring (bicyclic) bond motifs is 1. The Labute approximate surface area is 161 Å². The first-order chi connectivity index (χ1) is 13.0. The summed E-state index contributed by atoms with van der Waals surface area (Å²) in [4.78, 5) is 17.2. The van der Waals surface area contributed by atoms with Crippen LogP contribution >= 0.6 is 11.3 Å². The zero-order valence-corrected chi connectivity index (χ0v) is 16.2. The van der Waals surface area contributed by atoms with Crippen molar-refractivity contribution in [2.75, 3.05) is 18.4 Å². The van der Waals surface area contributed by atoms with Crippen molar-refractivity contribution in [3.63, 3.8) is 0 Å². The van der Waals surface area contributed by atoms with Crippen LogP contribution in [0.1, 0.15) is 12.8 Å². The quantitative estimate of drug-likeness (QED) is 0.727. The lowest BCUT2D eigenvalue weighted by Crippen LogP contribution is -2.43. The van der Waals surface area contributed by atoms with E-state index in [1.807, 2.05) is 18.2 Å². The predicted molar refractivity (Wildman–Crippen MR) is 106 cm³/mol. The highest BCUT2D eigenvalue weighted by Crippen LogP contribution is 2.26. The number of hydrogen-bond acceptors (Lipinski definition) is 5. The maximum Gasteiger partial charge on any atom is 0.243 e. The van der Waals surface area contributed by atoms with Crippen LogP contribution in [-0.4, -0.2) is 36.7 Å². The number of benzene rings is 2. The highest BCUT2D eigenvalue weighted by Gasteiger charge is 2.33. The maximum atomic E-state index is 12.8. The third-order valence-corrected chi connectivity index (χ3v) is 7.42. The van der Waals surface area contributed by atoms with Crippen LogP contribution in [-0.2, 0) is 14.8 Å². The molecule has 1 aliphatic heterocycles. The van der Waals surface area contributed by atoms with Gasteiger partial charge in [0.15, 0.2) is 0 Å². The number of hydrogen-bond donors (Lipinski definition) is 1. The van der Waals surface area contributed by atoms with E-state index in [1.165, 1.54) is 4.31 Å². The number of sulfonamides is 1. The van der Waals surface area contributed by atoms with Crippen molar-refractivity contribution in [2.24, 2.45) is 5.92 Å². The third-order valence-electron chi connectivity index (χ3n) is 4.73. The minimum absolute atomic E-state index is 0.155. The van der Waals surface area contributed by atoms with Crippen LogP contribution in [0.15, 0.2) is 58.9 Å². The first-order valence-corrected chi connectivity index (χ1v) is 11.1. The van der Waals surface area contributed by atoms with Gasteiger partial charge in [0, 0.05) is 18.8 Å². The number of carbonyl (C=O) groups excluding carboxylic acids is 1. The van der Waals surface area contributed by atoms with E-state index in [0.29, 0.717) is 25.1 Å². The molecule has 0 bridgehead atoms. The summed E-state index contributed by atoms with van der Waals surface area (Å²) in [5.74, 6) is -0.527. The van der Waals surface area contributed by atoms with E-state index in [1.54, 1.807) is 47.2 Å². The van der Waals surface area contributed by atoms with Gasteiger partial charge in [-0.15, -0.1) is 11.3 Å². The van der Waals surface area contributed by atoms with Gasteiger partial charge in [-0.25, -0.2) is 13.4 Å². The van der Waals surface area contributed by atoms with Crippen LogP contribution in [0.3, 0.4) is 0 Å². The summed E-state index contributed by atoms with van der Waals surface area (Å²) < 4.78 is 28.1. The molecule has 1 N–H and O–H groups in total. The molecule has 1 amide bonds. The Kier molecular flexibility index (Phi) is 4.94. The number of amides is 1. The molecule has 1 atom stereocenters. The topological polar surface area (TPSA) is 79.4 Å². The second kappa shape index (κ2) is 7.38. The number of carbonyl (C=O) groups is 1. The highest BCUT2D eigenvalue weighted by atomic mass is 32.2. The molecule has 2 heterocycles. The van der Waals surface area contributed by atoms with E-state index < -0.39 is 10.0 Å². The summed E-state index contributed by atoms with van der Waals surface area (Å²) in [6, 6.07) is 14.0. The molecule has 1 aromatic heterocycles. The van der Waals surface area contributed by atoms with Gasteiger partial charge in [-0.2, -0.15) is 4.31 Å². The van der Waals surface area contributed by atoms with E-state index in [9.17, 15) is 13.2 Å². The Morgan fingerprint density at radius 1 is 1.19 bits per heavy atom. The molecule has 0 aliphatic carbocycles. The summed E-state index contributed by atoms with van der Waals surface area (Å²) >= 11 is 1.55. The SMILES string of the molecule is O=C(Nc1ccc2scnc2c1)C1CCCN(S(=O)(=O)c2ccccc2)C1. The summed E-state index contributed by atoms with van der Waals surface area (Å²) in [5.41, 5.74) is 3.29. The highest BCUT2D eigenvalue weighted by molar-refractivity contribution is 7.89. The van der Waals surface area contributed by atoms with Crippen molar-refractivity contribution < 1.29 is 13.2 Å². The molecule has 8 heteroatoms. The second-order valence-corrected chi connectivity index (χ2v) is 9.36. The first-order valence-electron chi connectivity index (χ1n) is 8.73. The predicted octanol–water partition coefficient (Wildman–Crippen LogP) is 3.34. The zero-order chi connectivity index (χ0) is 18.9. The molecule has 0 radical (unpaired) electrons. The van der Waals surface area contributed by atoms with Gasteiger partial charge in [0.25, 0.3) is 0 Å². The normalized spacial score (nSPS) is 18.4. The van der Waals surface area contributed by atoms with Crippen molar-refractivity contribution >= 4 is 43.2 Å². The van der Waals surface area contributed by atoms with Gasteiger partial charge in [0.2, 0.25) is 15.9 Å². The molecule has 6 nitrogen and oxygen atoms in total. The van der Waals surface area contributed by atoms with Crippen molar-refractivity contribution in [2.45, 2.75) is 17.7 Å². The molecule has 1 aliphatic rings. The molecule has 4 rings (SSSR count). The fraction of sp³-hybridized carbons (Fsp3) is 0.263. The monoisotopic (exact) mass is 401 g/mol. The molecule has 0 saturated carbocycles. The molecule has 0 spiro atoms. The fourth-order valence-corrected chi connectivity index (χ4v) is 5.50. The standard InChI is InChI=1S/C19H19N3O3S2/c23-19(21-15-8-9-18-17(11-15)20-13-26-18)14-5-4-10-22(12-14)27(24,25)16-6-2-1-3-7-16/h1-3,6-9,11,13-14H,4-5,10,12H2,(H,21,23). The van der Waals surface area contributed by atoms with Gasteiger partial charge in [-0.3, -0.25) is 4.79 Å². The maximum absolute atomic E-state index is 12.8. The lowest BCUT2D eigenvalue weighted by atomic mass is 9.98. The summed E-state index contributed by atoms with van der Waals surface area (Å²) in [6.07, 6.45) is 1.33. The Bertz CT molecular complexity index is 1060. The summed E-state index contributed by atoms with van der Waals surface area (Å²) in [7, 11) is -3.58. The largest absolute Gasteiger partial charge is 0.326 e. The third kappa shape index (κ3) is 3.73. The van der Waals surface area contributed by atoms with E-state index in [4.69, 9.17) is 0 Å². The molecule has 1 unspecified atom stereocenters. The van der Waals surface area contributed by atoms with Gasteiger partial charge in [0.05, 0.1) is 26.5 Å². The van der Waals surface area contributed by atoms with Gasteiger partial charge in [-0.05, 0) is 43.2 Å². The van der Waals surface area contributed by atoms with Crippen molar-refractivity contribution in [3.8, 4) is 0 Å². The second-order valence-electron chi connectivity index (χ2n) is 6.54. The molecule has 27 heavy (non-hydrogen) atoms. The molecular formula is C19H19N3O3S2. The van der Waals surface area contributed by atoms with Crippen LogP contribution in [0.4, 0.5) is 5.69 Å². The number of anilines is 1. The fourth-order valence-electron chi connectivity index (χ4n) is 3.30. The minimum Gasteiger partial charge on any atom is -0.326 e. The van der Waals surface area contributed by atoms with Gasteiger partial charge in [-0.1, -0.05) is 18.2 Å². The van der Waals surface area contributed by atoms with E-state index in [0.717, 1.165) is 10.2 Å². The smallest absolute Gasteiger partial charge is 0.243 e. The lowest BCUT2D eigenvalue weighted by Gasteiger charge is -2.31. The molecule has 1 saturated heterocycles. The lowest BCUT2D eigenvalue weighted by molar-refractivity contribution is -0.120. The Hall–Kier alpha value is -2.29. The van der Waals surface area contributed by atoms with E-state index >= 15 is 0 Å². The molecule has 3 aromatic rings. The number of nitrogens with zero attached hydrogens (tertiary/aromatic N) is 2. The van der Waals surface area contributed by atoms with Crippen LogP contribution < -0.4 is 5.32 Å². The van der Waals surface area contributed by atoms with E-state index in [-0.39, 0.29) is 23.3 Å². The Morgan fingerprint density at radius 3 is 2.81 bits per heavy atom. The van der Waals surface area contributed by atoms with Crippen LogP contribution in [0.25, 0.3) is 10.2 Å². The number of aromatic nitrogens is 1. The van der Waals surface area contributed by atoms with E-state index in [2.05, 4.69) is 10.3 Å². The van der Waals surface area contributed by atoms with Crippen molar-refractivity contribution in [3.05, 3.63) is 54.0 Å². The number of piperidine rings is 1. The van der Waals surface area contributed by atoms with Crippen molar-refractivity contribution in [1.29, 1.82) is 0 Å². The average molecular weight is 402 g/mol. The van der Waals surface area contributed by atoms with Crippen LogP contribution in [0.2, 0.25) is 0 Å². The van der Waals surface area contributed by atoms with Gasteiger partial charge >= 0.3 is 0 Å². The number of nitrogens with one attached hydrogen (secondary N) is 1. The van der Waals surface area contributed by atoms with Crippen LogP contribution in [0, 0.1) is 5.92 Å². The van der Waals surface area contributed by atoms with Crippen LogP contribution in [0.5, 0.6) is 0 Å². The summed E-state index contributed by atoms with van der Waals surface area (Å²) in [6.45, 7) is 0.633. The first kappa shape index (κ1) is 18.1. The average Bonchev–Trinajstić information content (AvgIpc) is 3.16. The minimum atomic E-state index is -3.58. The molecule has 1 fully saturated rings. The summed E-state index contributed by atoms with van der Waals surface area (Å²) in [5, 5.41) is 2.91.